The molecular weight excluding hydrogens is 244 g/mol. The van der Waals surface area contributed by atoms with E-state index in [1.807, 2.05) is 13.2 Å². The lowest BCUT2D eigenvalue weighted by atomic mass is 9.93. The van der Waals surface area contributed by atoms with Gasteiger partial charge in [-0.1, -0.05) is 0 Å². The maximum absolute atomic E-state index is 12.0. The van der Waals surface area contributed by atoms with E-state index in [1.165, 1.54) is 6.42 Å². The lowest BCUT2D eigenvalue weighted by Gasteiger charge is -2.36. The van der Waals surface area contributed by atoms with E-state index in [2.05, 4.69) is 10.2 Å². The Morgan fingerprint density at radius 3 is 2.94 bits per heavy atom. The molecule has 0 spiro atoms. The molecule has 3 nitrogen and oxygen atoms in total. The number of amides is 1. The zero-order valence-electron chi connectivity index (χ0n) is 9.94. The van der Waals surface area contributed by atoms with Crippen LogP contribution in [0, 0.1) is 5.92 Å². The van der Waals surface area contributed by atoms with E-state index in [1.54, 1.807) is 11.8 Å². The predicted octanol–water partition coefficient (Wildman–Crippen LogP) is 1.37. The number of piperidine rings is 1. The summed E-state index contributed by atoms with van der Waals surface area (Å²) in [4.78, 5) is 14.1. The van der Waals surface area contributed by atoms with Gasteiger partial charge in [-0.25, -0.2) is 0 Å². The normalized spacial score (nSPS) is 30.5. The Bertz CT molecular complexity index is 252. The molecule has 0 aromatic rings. The topological polar surface area (TPSA) is 32.3 Å². The van der Waals surface area contributed by atoms with Gasteiger partial charge in [0.25, 0.3) is 0 Å². The van der Waals surface area contributed by atoms with Gasteiger partial charge in [0.15, 0.2) is 0 Å². The van der Waals surface area contributed by atoms with Crippen LogP contribution >= 0.6 is 24.2 Å². The molecule has 2 saturated heterocycles. The van der Waals surface area contributed by atoms with Crippen molar-refractivity contribution in [2.24, 2.45) is 5.92 Å². The maximum Gasteiger partial charge on any atom is 0.235 e. The Hall–Kier alpha value is 0.0700. The fourth-order valence-electron chi connectivity index (χ4n) is 2.61. The van der Waals surface area contributed by atoms with E-state index in [4.69, 9.17) is 0 Å². The smallest absolute Gasteiger partial charge is 0.235 e. The molecule has 3 unspecified atom stereocenters. The van der Waals surface area contributed by atoms with Crippen LogP contribution in [0.15, 0.2) is 0 Å². The van der Waals surface area contributed by atoms with Crippen LogP contribution in [0.25, 0.3) is 0 Å². The lowest BCUT2D eigenvalue weighted by molar-refractivity contribution is -0.132. The summed E-state index contributed by atoms with van der Waals surface area (Å²) in [5.74, 6) is 1.03. The summed E-state index contributed by atoms with van der Waals surface area (Å²) in [6.07, 6.45) is 4.38. The maximum atomic E-state index is 12.0. The highest BCUT2D eigenvalue weighted by Crippen LogP contribution is 2.25. The van der Waals surface area contributed by atoms with Gasteiger partial charge in [0.05, 0.1) is 5.25 Å². The molecule has 2 fully saturated rings. The second-order valence-corrected chi connectivity index (χ2v) is 5.74. The van der Waals surface area contributed by atoms with E-state index in [0.717, 1.165) is 26.1 Å². The fourth-order valence-corrected chi connectivity index (χ4v) is 2.96. The number of hydrogen-bond acceptors (Lipinski definition) is 3. The van der Waals surface area contributed by atoms with Crippen LogP contribution in [0.4, 0.5) is 0 Å². The van der Waals surface area contributed by atoms with Gasteiger partial charge in [-0.2, -0.15) is 11.8 Å². The van der Waals surface area contributed by atoms with Crippen molar-refractivity contribution < 1.29 is 4.79 Å². The highest BCUT2D eigenvalue weighted by atomic mass is 35.5. The van der Waals surface area contributed by atoms with Gasteiger partial charge in [-0.15, -0.1) is 12.4 Å². The molecule has 94 valence electrons. The highest BCUT2D eigenvalue weighted by molar-refractivity contribution is 7.99. The monoisotopic (exact) mass is 264 g/mol. The molecule has 0 radical (unpaired) electrons. The van der Waals surface area contributed by atoms with Crippen LogP contribution in [0.3, 0.4) is 0 Å². The van der Waals surface area contributed by atoms with Crippen LogP contribution in [0.2, 0.25) is 0 Å². The van der Waals surface area contributed by atoms with Gasteiger partial charge in [-0.3, -0.25) is 4.79 Å². The SMILES string of the molecule is CSC(C)C(=O)N1CCC2NCCC2C1.Cl. The van der Waals surface area contributed by atoms with E-state index >= 15 is 0 Å². The van der Waals surface area contributed by atoms with Crippen LogP contribution in [-0.4, -0.2) is 48.0 Å². The standard InChI is InChI=1S/C11H20N2OS.ClH/c1-8(15-2)11(14)13-6-4-10-9(7-13)3-5-12-10;/h8-10,12H,3-7H2,1-2H3;1H. The molecular formula is C11H21ClN2OS. The van der Waals surface area contributed by atoms with E-state index in [0.29, 0.717) is 17.9 Å². The zero-order valence-corrected chi connectivity index (χ0v) is 11.6. The number of carbonyl (C=O) groups is 1. The number of carbonyl (C=O) groups excluding carboxylic acids is 1. The summed E-state index contributed by atoms with van der Waals surface area (Å²) in [7, 11) is 0. The summed E-state index contributed by atoms with van der Waals surface area (Å²) in [6, 6.07) is 0.679. The first-order chi connectivity index (χ1) is 7.22. The van der Waals surface area contributed by atoms with Gasteiger partial charge in [-0.05, 0) is 38.5 Å². The largest absolute Gasteiger partial charge is 0.341 e. The Morgan fingerprint density at radius 1 is 1.50 bits per heavy atom. The number of fused-ring (bicyclic) bond motifs is 1. The molecule has 0 bridgehead atoms. The van der Waals surface area contributed by atoms with Gasteiger partial charge in [0.2, 0.25) is 5.91 Å². The van der Waals surface area contributed by atoms with Gasteiger partial charge < -0.3 is 10.2 Å². The molecule has 0 aromatic carbocycles. The number of rotatable bonds is 2. The second-order valence-electron chi connectivity index (χ2n) is 4.56. The minimum Gasteiger partial charge on any atom is -0.341 e. The first kappa shape index (κ1) is 14.1. The predicted molar refractivity (Wildman–Crippen MR) is 71.3 cm³/mol. The number of halogens is 1. The molecule has 0 aliphatic carbocycles. The van der Waals surface area contributed by atoms with Crippen molar-refractivity contribution in [3.8, 4) is 0 Å². The van der Waals surface area contributed by atoms with Gasteiger partial charge >= 0.3 is 0 Å². The molecule has 2 aliphatic heterocycles. The summed E-state index contributed by atoms with van der Waals surface area (Å²) >= 11 is 1.64. The average Bonchev–Trinajstić information content (AvgIpc) is 2.73. The molecule has 1 N–H and O–H groups in total. The number of nitrogens with zero attached hydrogens (tertiary/aromatic N) is 1. The number of thioether (sulfide) groups is 1. The van der Waals surface area contributed by atoms with Gasteiger partial charge in [0.1, 0.15) is 0 Å². The molecule has 3 atom stereocenters. The minimum absolute atomic E-state index is 0. The van der Waals surface area contributed by atoms with Gasteiger partial charge in [0, 0.05) is 19.1 Å². The third-order valence-corrected chi connectivity index (χ3v) is 4.58. The van der Waals surface area contributed by atoms with Crippen molar-refractivity contribution in [3.05, 3.63) is 0 Å². The number of nitrogens with one attached hydrogen (secondary N) is 1. The van der Waals surface area contributed by atoms with Crippen molar-refractivity contribution in [1.82, 2.24) is 10.2 Å². The van der Waals surface area contributed by atoms with Crippen LogP contribution < -0.4 is 5.32 Å². The van der Waals surface area contributed by atoms with Crippen molar-refractivity contribution in [1.29, 1.82) is 0 Å². The Labute approximate surface area is 108 Å². The fraction of sp³-hybridized carbons (Fsp3) is 0.909. The Morgan fingerprint density at radius 2 is 2.25 bits per heavy atom. The molecule has 0 aromatic heterocycles. The van der Waals surface area contributed by atoms with E-state index in [9.17, 15) is 4.79 Å². The highest BCUT2D eigenvalue weighted by Gasteiger charge is 2.35. The molecule has 16 heavy (non-hydrogen) atoms. The first-order valence-electron chi connectivity index (χ1n) is 5.77. The number of hydrogen-bond donors (Lipinski definition) is 1. The molecule has 2 rings (SSSR count). The van der Waals surface area contributed by atoms with Crippen LogP contribution in [-0.2, 0) is 4.79 Å². The van der Waals surface area contributed by atoms with Crippen LogP contribution in [0.5, 0.6) is 0 Å². The summed E-state index contributed by atoms with van der Waals surface area (Å²) < 4.78 is 0. The van der Waals surface area contributed by atoms with Crippen molar-refractivity contribution in [3.63, 3.8) is 0 Å². The molecule has 1 amide bonds. The lowest BCUT2D eigenvalue weighted by Crippen LogP contribution is -2.48. The van der Waals surface area contributed by atoms with Crippen molar-refractivity contribution >= 4 is 30.1 Å². The third kappa shape index (κ3) is 2.84. The number of likely N-dealkylation sites (tertiary alicyclic amines) is 1. The average molecular weight is 265 g/mol. The molecule has 2 aliphatic rings. The van der Waals surface area contributed by atoms with Crippen molar-refractivity contribution in [2.75, 3.05) is 25.9 Å². The van der Waals surface area contributed by atoms with Crippen LogP contribution in [0.1, 0.15) is 19.8 Å². The molecule has 0 saturated carbocycles. The van der Waals surface area contributed by atoms with E-state index < -0.39 is 0 Å². The summed E-state index contributed by atoms with van der Waals surface area (Å²) in [6.45, 7) is 5.06. The molecule has 5 heteroatoms. The third-order valence-electron chi connectivity index (χ3n) is 3.67. The van der Waals surface area contributed by atoms with E-state index in [-0.39, 0.29) is 17.7 Å². The molecule has 2 heterocycles. The quantitative estimate of drug-likeness (QED) is 0.818. The Kier molecular flexibility index (Phi) is 5.41. The zero-order chi connectivity index (χ0) is 10.8. The summed E-state index contributed by atoms with van der Waals surface area (Å²) in [5, 5.41) is 3.64. The minimum atomic E-state index is 0. The first-order valence-corrected chi connectivity index (χ1v) is 7.06. The Balaban J connectivity index is 0.00000128. The van der Waals surface area contributed by atoms with Crippen molar-refractivity contribution in [2.45, 2.75) is 31.1 Å². The summed E-state index contributed by atoms with van der Waals surface area (Å²) in [5.41, 5.74) is 0. The second kappa shape index (κ2) is 6.12.